The second-order valence-electron chi connectivity index (χ2n) is 4.12. The van der Waals surface area contributed by atoms with Gasteiger partial charge in [0, 0.05) is 0 Å². The van der Waals surface area contributed by atoms with Crippen molar-refractivity contribution >= 4 is 0 Å². The Kier molecular flexibility index (Phi) is 10.4. The van der Waals surface area contributed by atoms with Crippen molar-refractivity contribution in [3.63, 3.8) is 0 Å². The van der Waals surface area contributed by atoms with Crippen LogP contribution in [-0.2, 0) is 17.1 Å². The first-order valence-electron chi connectivity index (χ1n) is 5.77. The third-order valence-electron chi connectivity index (χ3n) is 2.92. The standard InChI is InChI=1S/C7H14N.C5H9.Fe/c8-6-5-7-3-1-2-4-7;1-2-4-5-3-1;/h1,7H,2-6,8H2;1H,2-5H2;/q2*-1;+2. The van der Waals surface area contributed by atoms with Crippen molar-refractivity contribution in [2.75, 3.05) is 6.54 Å². The molecule has 2 fully saturated rings. The largest absolute Gasteiger partial charge is 2.00 e. The van der Waals surface area contributed by atoms with Crippen LogP contribution >= 0.6 is 0 Å². The summed E-state index contributed by atoms with van der Waals surface area (Å²) in [6, 6.07) is 0. The minimum atomic E-state index is 0. The maximum atomic E-state index is 5.39. The quantitative estimate of drug-likeness (QED) is 0.579. The molecule has 2 saturated carbocycles. The fraction of sp³-hybridized carbons (Fsp3) is 0.833. The average molecular weight is 237 g/mol. The molecule has 0 aromatic heterocycles. The Morgan fingerprint density at radius 2 is 1.79 bits per heavy atom. The normalized spacial score (nSPS) is 25.1. The Morgan fingerprint density at radius 3 is 2.14 bits per heavy atom. The van der Waals surface area contributed by atoms with Gasteiger partial charge in [-0.2, -0.15) is 25.7 Å². The molecular weight excluding hydrogens is 214 g/mol. The number of hydrogen-bond donors (Lipinski definition) is 1. The summed E-state index contributed by atoms with van der Waals surface area (Å²) in [5.74, 6) is 0.931. The van der Waals surface area contributed by atoms with E-state index in [-0.39, 0.29) is 17.1 Å². The zero-order valence-corrected chi connectivity index (χ0v) is 10.1. The Labute approximate surface area is 99.7 Å². The number of hydrogen-bond acceptors (Lipinski definition) is 1. The van der Waals surface area contributed by atoms with E-state index in [0.29, 0.717) is 0 Å². The first-order valence-corrected chi connectivity index (χ1v) is 5.77. The molecule has 0 saturated heterocycles. The van der Waals surface area contributed by atoms with E-state index in [0.717, 1.165) is 12.5 Å². The predicted octanol–water partition coefficient (Wildman–Crippen LogP) is 3.10. The molecule has 0 bridgehead atoms. The van der Waals surface area contributed by atoms with Crippen molar-refractivity contribution in [1.29, 1.82) is 0 Å². The van der Waals surface area contributed by atoms with Crippen LogP contribution in [0.4, 0.5) is 0 Å². The van der Waals surface area contributed by atoms with Gasteiger partial charge in [-0.1, -0.05) is 25.2 Å². The molecule has 0 aromatic rings. The first kappa shape index (κ1) is 14.5. The third kappa shape index (κ3) is 6.86. The van der Waals surface area contributed by atoms with Gasteiger partial charge in [-0.05, 0) is 13.0 Å². The molecule has 0 radical (unpaired) electrons. The fourth-order valence-electron chi connectivity index (χ4n) is 2.04. The van der Waals surface area contributed by atoms with Crippen LogP contribution in [0.2, 0.25) is 0 Å². The SMILES string of the molecule is NCCC1C[CH-]CC1.[CH-]1CCCC1.[Fe+2]. The number of rotatable bonds is 2. The van der Waals surface area contributed by atoms with Gasteiger partial charge in [-0.25, -0.2) is 0 Å². The van der Waals surface area contributed by atoms with E-state index in [9.17, 15) is 0 Å². The Bertz CT molecular complexity index is 99.3. The summed E-state index contributed by atoms with van der Waals surface area (Å²) < 4.78 is 0. The van der Waals surface area contributed by atoms with E-state index in [2.05, 4.69) is 12.8 Å². The second-order valence-corrected chi connectivity index (χ2v) is 4.12. The van der Waals surface area contributed by atoms with Crippen LogP contribution in [0.3, 0.4) is 0 Å². The minimum absolute atomic E-state index is 0. The molecule has 2 aliphatic rings. The smallest absolute Gasteiger partial charge is 0.330 e. The molecule has 84 valence electrons. The van der Waals surface area contributed by atoms with Crippen LogP contribution in [0.5, 0.6) is 0 Å². The van der Waals surface area contributed by atoms with Gasteiger partial charge in [0.2, 0.25) is 0 Å². The molecule has 1 nitrogen and oxygen atoms in total. The van der Waals surface area contributed by atoms with Gasteiger partial charge in [0.15, 0.2) is 0 Å². The van der Waals surface area contributed by atoms with Crippen molar-refractivity contribution in [2.45, 2.75) is 51.4 Å². The second kappa shape index (κ2) is 10.0. The van der Waals surface area contributed by atoms with Crippen LogP contribution < -0.4 is 5.73 Å². The summed E-state index contributed by atoms with van der Waals surface area (Å²) in [5.41, 5.74) is 5.39. The summed E-state index contributed by atoms with van der Waals surface area (Å²) in [6.07, 6.45) is 15.6. The molecule has 0 heterocycles. The van der Waals surface area contributed by atoms with Gasteiger partial charge in [0.25, 0.3) is 0 Å². The van der Waals surface area contributed by atoms with Gasteiger partial charge >= 0.3 is 17.1 Å². The molecule has 0 amide bonds. The van der Waals surface area contributed by atoms with E-state index in [1.807, 2.05) is 0 Å². The van der Waals surface area contributed by atoms with Crippen LogP contribution in [0.25, 0.3) is 0 Å². The van der Waals surface area contributed by atoms with E-state index < -0.39 is 0 Å². The number of nitrogens with two attached hydrogens (primary N) is 1. The summed E-state index contributed by atoms with van der Waals surface area (Å²) in [5, 5.41) is 0. The third-order valence-corrected chi connectivity index (χ3v) is 2.92. The summed E-state index contributed by atoms with van der Waals surface area (Å²) in [7, 11) is 0. The van der Waals surface area contributed by atoms with Gasteiger partial charge < -0.3 is 18.6 Å². The monoisotopic (exact) mass is 237 g/mol. The van der Waals surface area contributed by atoms with Crippen LogP contribution in [0, 0.1) is 18.8 Å². The van der Waals surface area contributed by atoms with Crippen molar-refractivity contribution < 1.29 is 17.1 Å². The van der Waals surface area contributed by atoms with Gasteiger partial charge in [-0.15, -0.1) is 0 Å². The molecule has 1 unspecified atom stereocenters. The first-order chi connectivity index (χ1) is 6.43. The maximum absolute atomic E-state index is 5.39. The fourth-order valence-corrected chi connectivity index (χ4v) is 2.04. The summed E-state index contributed by atoms with van der Waals surface area (Å²) >= 11 is 0. The van der Waals surface area contributed by atoms with Crippen LogP contribution in [-0.4, -0.2) is 6.54 Å². The van der Waals surface area contributed by atoms with E-state index in [4.69, 9.17) is 5.73 Å². The Hall–Kier alpha value is 0.479. The van der Waals surface area contributed by atoms with Crippen molar-refractivity contribution in [3.8, 4) is 0 Å². The average Bonchev–Trinajstić information content (AvgIpc) is 2.79. The van der Waals surface area contributed by atoms with Gasteiger partial charge in [0.1, 0.15) is 0 Å². The predicted molar refractivity (Wildman–Crippen MR) is 58.1 cm³/mol. The molecule has 2 N–H and O–H groups in total. The van der Waals surface area contributed by atoms with E-state index in [1.165, 1.54) is 51.4 Å². The molecule has 2 rings (SSSR count). The molecule has 14 heavy (non-hydrogen) atoms. The molecular formula is C12H23FeN. The molecule has 2 aliphatic carbocycles. The van der Waals surface area contributed by atoms with Crippen LogP contribution in [0.15, 0.2) is 0 Å². The van der Waals surface area contributed by atoms with Crippen molar-refractivity contribution in [2.24, 2.45) is 11.7 Å². The maximum Gasteiger partial charge on any atom is 2.00 e. The summed E-state index contributed by atoms with van der Waals surface area (Å²) in [6.45, 7) is 0.874. The Balaban J connectivity index is 0.000000246. The van der Waals surface area contributed by atoms with E-state index in [1.54, 1.807) is 0 Å². The van der Waals surface area contributed by atoms with Gasteiger partial charge in [-0.3, -0.25) is 0 Å². The Morgan fingerprint density at radius 1 is 1.07 bits per heavy atom. The molecule has 0 aliphatic heterocycles. The molecule has 0 aromatic carbocycles. The van der Waals surface area contributed by atoms with Crippen LogP contribution in [0.1, 0.15) is 51.4 Å². The zero-order valence-electron chi connectivity index (χ0n) is 9.03. The van der Waals surface area contributed by atoms with Crippen molar-refractivity contribution in [3.05, 3.63) is 12.8 Å². The van der Waals surface area contributed by atoms with Gasteiger partial charge in [0.05, 0.1) is 0 Å². The van der Waals surface area contributed by atoms with Crippen molar-refractivity contribution in [1.82, 2.24) is 0 Å². The zero-order chi connectivity index (χ0) is 9.36. The molecule has 1 atom stereocenters. The molecule has 2 heteroatoms. The topological polar surface area (TPSA) is 26.0 Å². The summed E-state index contributed by atoms with van der Waals surface area (Å²) in [4.78, 5) is 0. The minimum Gasteiger partial charge on any atom is -0.330 e. The van der Waals surface area contributed by atoms with E-state index >= 15 is 0 Å². The molecule has 0 spiro atoms.